The van der Waals surface area contributed by atoms with Gasteiger partial charge < -0.3 is 15.2 Å². The van der Waals surface area contributed by atoms with E-state index < -0.39 is 6.10 Å². The van der Waals surface area contributed by atoms with Gasteiger partial charge in [0.15, 0.2) is 0 Å². The molecule has 0 aliphatic heterocycles. The molecule has 90 valence electrons. The highest BCUT2D eigenvalue weighted by Gasteiger charge is 2.07. The number of hydrogen-bond acceptors (Lipinski definition) is 6. The number of aliphatic hydroxyl groups excluding tert-OH is 1. The van der Waals surface area contributed by atoms with Gasteiger partial charge in [-0.15, -0.1) is 0 Å². The van der Waals surface area contributed by atoms with Crippen molar-refractivity contribution >= 4 is 17.5 Å². The number of nitrogens with zero attached hydrogens (tertiary/aromatic N) is 3. The molecule has 0 fully saturated rings. The molecule has 0 spiro atoms. The van der Waals surface area contributed by atoms with Gasteiger partial charge in [-0.05, 0) is 24.9 Å². The van der Waals surface area contributed by atoms with Crippen LogP contribution in [0, 0.1) is 0 Å². The summed E-state index contributed by atoms with van der Waals surface area (Å²) in [5, 5.41) is 12.3. The number of aliphatic hydroxyl groups is 1. The Morgan fingerprint density at radius 3 is 2.75 bits per heavy atom. The number of ether oxygens (including phenoxy) is 1. The molecule has 1 aromatic heterocycles. The van der Waals surface area contributed by atoms with Crippen LogP contribution < -0.4 is 10.1 Å². The van der Waals surface area contributed by atoms with Crippen LogP contribution in [0.1, 0.15) is 20.3 Å². The lowest BCUT2D eigenvalue weighted by Gasteiger charge is -2.09. The monoisotopic (exact) mass is 246 g/mol. The van der Waals surface area contributed by atoms with Gasteiger partial charge in [0.2, 0.25) is 11.2 Å². The first-order chi connectivity index (χ1) is 7.65. The molecular weight excluding hydrogens is 232 g/mol. The summed E-state index contributed by atoms with van der Waals surface area (Å²) < 4.78 is 5.11. The Bertz CT molecular complexity index is 337. The molecule has 0 saturated heterocycles. The van der Waals surface area contributed by atoms with Gasteiger partial charge >= 0.3 is 6.01 Å². The lowest BCUT2D eigenvalue weighted by atomic mass is 10.3. The molecule has 1 aromatic rings. The van der Waals surface area contributed by atoms with Gasteiger partial charge in [-0.2, -0.15) is 15.0 Å². The Balaban J connectivity index is 2.64. The maximum absolute atomic E-state index is 9.36. The molecule has 1 rings (SSSR count). The smallest absolute Gasteiger partial charge is 0.322 e. The molecule has 0 aliphatic carbocycles. The van der Waals surface area contributed by atoms with Crippen LogP contribution >= 0.6 is 11.6 Å². The van der Waals surface area contributed by atoms with Crippen LogP contribution in [0.25, 0.3) is 0 Å². The quantitative estimate of drug-likeness (QED) is 0.783. The molecular formula is C9H15ClN4O2. The fourth-order valence-electron chi connectivity index (χ4n) is 0.958. The zero-order valence-electron chi connectivity index (χ0n) is 9.27. The fraction of sp³-hybridized carbons (Fsp3) is 0.667. The van der Waals surface area contributed by atoms with E-state index in [1.807, 2.05) is 13.8 Å². The van der Waals surface area contributed by atoms with Crippen molar-refractivity contribution in [2.24, 2.45) is 0 Å². The second-order valence-electron chi connectivity index (χ2n) is 3.09. The van der Waals surface area contributed by atoms with Crippen molar-refractivity contribution in [3.05, 3.63) is 5.28 Å². The molecule has 7 heteroatoms. The Morgan fingerprint density at radius 1 is 1.38 bits per heavy atom. The number of hydrogen-bond donors (Lipinski definition) is 2. The molecule has 0 aromatic carbocycles. The molecule has 0 saturated carbocycles. The van der Waals surface area contributed by atoms with Gasteiger partial charge in [0, 0.05) is 6.54 Å². The SMILES string of the molecule is CCOc1nc(Cl)nc(NCC(O)CC)n1. The molecule has 0 bridgehead atoms. The summed E-state index contributed by atoms with van der Waals surface area (Å²) in [5.74, 6) is 0.302. The van der Waals surface area contributed by atoms with Crippen LogP contribution in [-0.4, -0.2) is 39.3 Å². The number of anilines is 1. The van der Waals surface area contributed by atoms with E-state index >= 15 is 0 Å². The summed E-state index contributed by atoms with van der Waals surface area (Å²) >= 11 is 5.69. The van der Waals surface area contributed by atoms with Gasteiger partial charge in [0.1, 0.15) is 0 Å². The van der Waals surface area contributed by atoms with Crippen LogP contribution in [0.3, 0.4) is 0 Å². The molecule has 0 radical (unpaired) electrons. The minimum absolute atomic E-state index is 0.0620. The molecule has 1 unspecified atom stereocenters. The van der Waals surface area contributed by atoms with E-state index in [0.717, 1.165) is 0 Å². The van der Waals surface area contributed by atoms with Crippen LogP contribution in [0.4, 0.5) is 5.95 Å². The molecule has 2 N–H and O–H groups in total. The normalized spacial score (nSPS) is 12.2. The molecule has 0 aliphatic rings. The molecule has 16 heavy (non-hydrogen) atoms. The minimum Gasteiger partial charge on any atom is -0.464 e. The first kappa shape index (κ1) is 12.9. The zero-order valence-corrected chi connectivity index (χ0v) is 10.0. The average molecular weight is 247 g/mol. The third-order valence-corrected chi connectivity index (χ3v) is 2.00. The van der Waals surface area contributed by atoms with E-state index in [-0.39, 0.29) is 11.3 Å². The maximum Gasteiger partial charge on any atom is 0.322 e. The van der Waals surface area contributed by atoms with E-state index in [9.17, 15) is 5.11 Å². The van der Waals surface area contributed by atoms with Crippen LogP contribution in [0.15, 0.2) is 0 Å². The first-order valence-electron chi connectivity index (χ1n) is 5.12. The van der Waals surface area contributed by atoms with E-state index in [4.69, 9.17) is 16.3 Å². The van der Waals surface area contributed by atoms with Crippen LogP contribution in [-0.2, 0) is 0 Å². The van der Waals surface area contributed by atoms with Crippen LogP contribution in [0.2, 0.25) is 5.28 Å². The maximum atomic E-state index is 9.36. The van der Waals surface area contributed by atoms with Crippen LogP contribution in [0.5, 0.6) is 6.01 Å². The summed E-state index contributed by atoms with van der Waals surface area (Å²) in [4.78, 5) is 11.6. The second-order valence-corrected chi connectivity index (χ2v) is 3.42. The Hall–Kier alpha value is -1.14. The predicted molar refractivity (Wildman–Crippen MR) is 60.8 cm³/mol. The first-order valence-corrected chi connectivity index (χ1v) is 5.49. The minimum atomic E-state index is -0.439. The van der Waals surface area contributed by atoms with E-state index in [2.05, 4.69) is 20.3 Å². The van der Waals surface area contributed by atoms with E-state index in [1.165, 1.54) is 0 Å². The van der Waals surface area contributed by atoms with Gasteiger partial charge in [-0.1, -0.05) is 6.92 Å². The van der Waals surface area contributed by atoms with Gasteiger partial charge in [0.05, 0.1) is 12.7 Å². The molecule has 1 heterocycles. The molecule has 6 nitrogen and oxygen atoms in total. The summed E-state index contributed by atoms with van der Waals surface area (Å²) in [6.07, 6.45) is 0.218. The van der Waals surface area contributed by atoms with Gasteiger partial charge in [0.25, 0.3) is 0 Å². The Kier molecular flexibility index (Phi) is 5.21. The lowest BCUT2D eigenvalue weighted by molar-refractivity contribution is 0.183. The Labute approximate surface area is 99.0 Å². The van der Waals surface area contributed by atoms with Crippen molar-refractivity contribution in [1.82, 2.24) is 15.0 Å². The van der Waals surface area contributed by atoms with Crippen molar-refractivity contribution < 1.29 is 9.84 Å². The highest BCUT2D eigenvalue weighted by Crippen LogP contribution is 2.11. The fourth-order valence-corrected chi connectivity index (χ4v) is 1.11. The molecule has 1 atom stereocenters. The van der Waals surface area contributed by atoms with E-state index in [0.29, 0.717) is 25.5 Å². The number of halogens is 1. The summed E-state index contributed by atoms with van der Waals surface area (Å²) in [7, 11) is 0. The van der Waals surface area contributed by atoms with Crippen molar-refractivity contribution in [3.63, 3.8) is 0 Å². The van der Waals surface area contributed by atoms with Gasteiger partial charge in [-0.3, -0.25) is 0 Å². The topological polar surface area (TPSA) is 80.2 Å². The number of nitrogens with one attached hydrogen (secondary N) is 1. The third kappa shape index (κ3) is 4.16. The lowest BCUT2D eigenvalue weighted by Crippen LogP contribution is -2.19. The van der Waals surface area contributed by atoms with Crippen molar-refractivity contribution in [1.29, 1.82) is 0 Å². The highest BCUT2D eigenvalue weighted by atomic mass is 35.5. The average Bonchev–Trinajstić information content (AvgIpc) is 2.25. The summed E-state index contributed by atoms with van der Waals surface area (Å²) in [5.41, 5.74) is 0. The largest absolute Gasteiger partial charge is 0.464 e. The third-order valence-electron chi connectivity index (χ3n) is 1.83. The van der Waals surface area contributed by atoms with Gasteiger partial charge in [-0.25, -0.2) is 0 Å². The van der Waals surface area contributed by atoms with Crippen molar-refractivity contribution in [2.45, 2.75) is 26.4 Å². The van der Waals surface area contributed by atoms with E-state index in [1.54, 1.807) is 0 Å². The Morgan fingerprint density at radius 2 is 2.12 bits per heavy atom. The predicted octanol–water partition coefficient (Wildman–Crippen LogP) is 1.11. The summed E-state index contributed by atoms with van der Waals surface area (Å²) in [6, 6.07) is 0.177. The zero-order chi connectivity index (χ0) is 12.0. The molecule has 0 amide bonds. The van der Waals surface area contributed by atoms with Crippen molar-refractivity contribution in [3.8, 4) is 6.01 Å². The standard InChI is InChI=1S/C9H15ClN4O2/c1-3-6(15)5-11-8-12-7(10)13-9(14-8)16-4-2/h6,15H,3-5H2,1-2H3,(H,11,12,13,14). The number of rotatable bonds is 6. The number of aromatic nitrogens is 3. The van der Waals surface area contributed by atoms with Crippen molar-refractivity contribution in [2.75, 3.05) is 18.5 Å². The second kappa shape index (κ2) is 6.44. The summed E-state index contributed by atoms with van der Waals surface area (Å²) in [6.45, 7) is 4.53. The highest BCUT2D eigenvalue weighted by molar-refractivity contribution is 6.28.